The minimum atomic E-state index is -0.511. The molecule has 0 amide bonds. The Morgan fingerprint density at radius 2 is 1.64 bits per heavy atom. The Morgan fingerprint density at radius 1 is 1.00 bits per heavy atom. The molecule has 0 saturated heterocycles. The molecule has 0 aromatic heterocycles. The second-order valence-electron chi connectivity index (χ2n) is 3.73. The predicted octanol–water partition coefficient (Wildman–Crippen LogP) is 2.05. The van der Waals surface area contributed by atoms with Crippen LogP contribution in [0.4, 0.5) is 0 Å². The fourth-order valence-corrected chi connectivity index (χ4v) is 3.17. The summed E-state index contributed by atoms with van der Waals surface area (Å²) in [5, 5.41) is 10.3. The summed E-state index contributed by atoms with van der Waals surface area (Å²) in [6.07, 6.45) is 5.46. The number of hydrogen-bond acceptors (Lipinski definition) is 1. The predicted molar refractivity (Wildman–Crippen MR) is 54.1 cm³/mol. The third-order valence-electron chi connectivity index (χ3n) is 2.52. The van der Waals surface area contributed by atoms with Gasteiger partial charge in [-0.1, -0.05) is 0 Å². The van der Waals surface area contributed by atoms with Crippen molar-refractivity contribution in [1.29, 1.82) is 0 Å². The normalized spacial score (nSPS) is 20.9. The molecule has 1 fully saturated rings. The molecule has 14 heavy (non-hydrogen) atoms. The van der Waals surface area contributed by atoms with Crippen molar-refractivity contribution < 1.29 is 20.1 Å². The van der Waals surface area contributed by atoms with Crippen LogP contribution in [-0.4, -0.2) is 9.61 Å². The van der Waals surface area contributed by atoms with Crippen molar-refractivity contribution in [3.05, 3.63) is 30.3 Å². The zero-order valence-corrected chi connectivity index (χ0v) is 9.11. The van der Waals surface area contributed by atoms with Crippen LogP contribution in [0.15, 0.2) is 30.3 Å². The van der Waals surface area contributed by atoms with Gasteiger partial charge in [-0.25, -0.2) is 0 Å². The van der Waals surface area contributed by atoms with Crippen LogP contribution in [0.1, 0.15) is 32.1 Å². The summed E-state index contributed by atoms with van der Waals surface area (Å²) in [5.74, 6) is 0. The zero-order chi connectivity index (χ0) is 9.86. The Balaban J connectivity index is 2.02. The van der Waals surface area contributed by atoms with Gasteiger partial charge in [0.15, 0.2) is 0 Å². The van der Waals surface area contributed by atoms with E-state index in [1.54, 1.807) is 15.0 Å². The molecule has 0 spiro atoms. The Kier molecular flexibility index (Phi) is 3.27. The molecule has 0 atom stereocenters. The summed E-state index contributed by atoms with van der Waals surface area (Å²) in [4.78, 5) is 0. The van der Waals surface area contributed by atoms with E-state index in [4.69, 9.17) is 0 Å². The van der Waals surface area contributed by atoms with Gasteiger partial charge in [0.05, 0.1) is 0 Å². The van der Waals surface area contributed by atoms with Gasteiger partial charge in [-0.15, -0.1) is 0 Å². The van der Waals surface area contributed by atoms with Crippen molar-refractivity contribution in [2.45, 2.75) is 36.6 Å². The van der Waals surface area contributed by atoms with Gasteiger partial charge in [0.1, 0.15) is 0 Å². The molecule has 1 saturated carbocycles. The van der Waals surface area contributed by atoms with Crippen LogP contribution in [0.25, 0.3) is 0 Å². The average Bonchev–Trinajstić information content (AvgIpc) is 2.19. The zero-order valence-electron chi connectivity index (χ0n) is 8.17. The molecule has 0 bridgehead atoms. The number of hydrogen-bond donors (Lipinski definition) is 1. The first-order valence-corrected chi connectivity index (χ1v) is 6.08. The van der Waals surface area contributed by atoms with Crippen molar-refractivity contribution in [1.82, 2.24) is 0 Å². The van der Waals surface area contributed by atoms with E-state index in [0.717, 1.165) is 25.7 Å². The van der Waals surface area contributed by atoms with Gasteiger partial charge < -0.3 is 0 Å². The molecule has 2 rings (SSSR count). The van der Waals surface area contributed by atoms with Gasteiger partial charge in [0.2, 0.25) is 0 Å². The Hall–Kier alpha value is -0.301. The van der Waals surface area contributed by atoms with Gasteiger partial charge in [-0.2, -0.15) is 0 Å². The molecule has 1 aromatic rings. The molecule has 81 valence electrons. The average molecular weight is 240 g/mol. The third kappa shape index (κ3) is 2.60. The summed E-state index contributed by atoms with van der Waals surface area (Å²) < 4.78 is 0.656. The van der Waals surface area contributed by atoms with Crippen LogP contribution in [-0.2, 0) is 15.0 Å². The Bertz CT molecular complexity index is 278. The maximum atomic E-state index is 10.3. The molecule has 2 heteroatoms. The molecule has 0 heterocycles. The van der Waals surface area contributed by atoms with Crippen molar-refractivity contribution in [3.8, 4) is 0 Å². The van der Waals surface area contributed by atoms with Crippen LogP contribution in [0.2, 0.25) is 0 Å². The van der Waals surface area contributed by atoms with E-state index in [-0.39, 0.29) is 0 Å². The molecule has 0 radical (unpaired) electrons. The summed E-state index contributed by atoms with van der Waals surface area (Å²) >= 11 is 1.72. The van der Waals surface area contributed by atoms with Crippen LogP contribution < -0.4 is 4.46 Å². The molecule has 1 aliphatic rings. The van der Waals surface area contributed by atoms with Crippen LogP contribution in [0.3, 0.4) is 0 Å². The van der Waals surface area contributed by atoms with Crippen molar-refractivity contribution in [2.24, 2.45) is 0 Å². The summed E-state index contributed by atoms with van der Waals surface area (Å²) in [6.45, 7) is 0. The third-order valence-corrected chi connectivity index (χ3v) is 4.01. The molecule has 1 aromatic carbocycles. The van der Waals surface area contributed by atoms with Crippen LogP contribution in [0.5, 0.6) is 0 Å². The fraction of sp³-hybridized carbons (Fsp3) is 0.500. The number of rotatable bonds is 2. The van der Waals surface area contributed by atoms with Crippen molar-refractivity contribution in [2.75, 3.05) is 0 Å². The standard InChI is InChI=1S/C6H11O.C6H5.Cu/c7-6-4-2-1-3-5-6;1-2-4-6-5-3-1;/h7H,1-5H2;1-5H;. The first kappa shape index (κ1) is 10.2. The maximum absolute atomic E-state index is 10.3. The molecular weight excluding hydrogens is 224 g/mol. The molecule has 1 nitrogen and oxygen atoms in total. The Labute approximate surface area is 91.7 Å². The summed E-state index contributed by atoms with van der Waals surface area (Å²) in [7, 11) is 0. The van der Waals surface area contributed by atoms with Crippen molar-refractivity contribution in [3.63, 3.8) is 0 Å². The van der Waals surface area contributed by atoms with E-state index >= 15 is 0 Å². The van der Waals surface area contributed by atoms with E-state index in [1.165, 1.54) is 10.9 Å². The van der Waals surface area contributed by atoms with E-state index in [1.807, 2.05) is 18.2 Å². The first-order chi connectivity index (χ1) is 6.79. The van der Waals surface area contributed by atoms with Crippen LogP contribution >= 0.6 is 0 Å². The van der Waals surface area contributed by atoms with E-state index in [2.05, 4.69) is 12.1 Å². The monoisotopic (exact) mass is 239 g/mol. The minimum absolute atomic E-state index is 0.511. The molecule has 1 N–H and O–H groups in total. The van der Waals surface area contributed by atoms with Gasteiger partial charge in [0, 0.05) is 0 Å². The van der Waals surface area contributed by atoms with Gasteiger partial charge in [-0.05, 0) is 0 Å². The first-order valence-electron chi connectivity index (χ1n) is 5.14. The SMILES string of the molecule is O[C]1([Cu][c]2ccccc2)CCCCC1. The number of aliphatic hydroxyl groups is 1. The molecule has 0 unspecified atom stereocenters. The van der Waals surface area contributed by atoms with Crippen molar-refractivity contribution >= 4 is 4.46 Å². The van der Waals surface area contributed by atoms with Gasteiger partial charge in [-0.3, -0.25) is 0 Å². The molecule has 1 aliphatic carbocycles. The second-order valence-corrected chi connectivity index (χ2v) is 5.39. The van der Waals surface area contributed by atoms with E-state index in [0.29, 0.717) is 0 Å². The second kappa shape index (κ2) is 4.48. The van der Waals surface area contributed by atoms with E-state index in [9.17, 15) is 5.11 Å². The Morgan fingerprint density at radius 3 is 2.29 bits per heavy atom. The summed E-state index contributed by atoms with van der Waals surface area (Å²) in [5.41, 5.74) is 0. The fourth-order valence-electron chi connectivity index (χ4n) is 1.75. The van der Waals surface area contributed by atoms with Gasteiger partial charge >= 0.3 is 91.5 Å². The van der Waals surface area contributed by atoms with Gasteiger partial charge in [0.25, 0.3) is 0 Å². The molecular formula is C12H16CuO. The quantitative estimate of drug-likeness (QED) is 0.784. The molecule has 0 aliphatic heterocycles. The topological polar surface area (TPSA) is 20.2 Å². The van der Waals surface area contributed by atoms with Crippen LogP contribution in [0, 0.1) is 0 Å². The summed E-state index contributed by atoms with van der Waals surface area (Å²) in [6, 6.07) is 10.2. The van der Waals surface area contributed by atoms with E-state index < -0.39 is 4.50 Å². The number of benzene rings is 1.